The minimum Gasteiger partial charge on any atom is -0.337 e. The first-order valence-electron chi connectivity index (χ1n) is 8.30. The van der Waals surface area contributed by atoms with Crippen LogP contribution >= 0.6 is 0 Å². The number of carbonyl (C=O) groups excluding carboxylic acids is 1. The van der Waals surface area contributed by atoms with E-state index in [4.69, 9.17) is 4.52 Å². The highest BCUT2D eigenvalue weighted by Gasteiger charge is 2.29. The van der Waals surface area contributed by atoms with Gasteiger partial charge in [0.1, 0.15) is 5.82 Å². The maximum Gasteiger partial charge on any atom is 0.259 e. The van der Waals surface area contributed by atoms with E-state index in [2.05, 4.69) is 10.1 Å². The lowest BCUT2D eigenvalue weighted by molar-refractivity contribution is 0.0786. The van der Waals surface area contributed by atoms with Crippen LogP contribution in [0.15, 0.2) is 34.9 Å². The molecule has 0 aliphatic heterocycles. The normalized spacial score (nSPS) is 14.0. The average Bonchev–Trinajstić information content (AvgIpc) is 3.37. The molecule has 128 valence electrons. The molecule has 2 heterocycles. The summed E-state index contributed by atoms with van der Waals surface area (Å²) in [6.07, 6.45) is 2.16. The summed E-state index contributed by atoms with van der Waals surface area (Å²) >= 11 is 0. The van der Waals surface area contributed by atoms with Crippen molar-refractivity contribution in [3.63, 3.8) is 0 Å². The van der Waals surface area contributed by atoms with Gasteiger partial charge in [-0.15, -0.1) is 0 Å². The second-order valence-corrected chi connectivity index (χ2v) is 6.61. The number of rotatable bonds is 4. The van der Waals surface area contributed by atoms with Gasteiger partial charge in [-0.25, -0.2) is 9.37 Å². The van der Waals surface area contributed by atoms with Crippen LogP contribution in [0.3, 0.4) is 0 Å². The molecule has 0 N–H and O–H groups in total. The van der Waals surface area contributed by atoms with Gasteiger partial charge in [0, 0.05) is 25.2 Å². The molecule has 0 bridgehead atoms. The number of halogens is 1. The summed E-state index contributed by atoms with van der Waals surface area (Å²) in [5.74, 6) is -0.0599. The minimum atomic E-state index is -0.310. The van der Waals surface area contributed by atoms with Gasteiger partial charge in [0.15, 0.2) is 0 Å². The van der Waals surface area contributed by atoms with Crippen molar-refractivity contribution in [2.75, 3.05) is 7.05 Å². The molecule has 0 spiro atoms. The summed E-state index contributed by atoms with van der Waals surface area (Å²) < 4.78 is 18.7. The Balaban J connectivity index is 1.69. The average molecular weight is 339 g/mol. The summed E-state index contributed by atoms with van der Waals surface area (Å²) in [4.78, 5) is 19.1. The quantitative estimate of drug-likeness (QED) is 0.725. The fourth-order valence-electron chi connectivity index (χ4n) is 3.06. The number of carbonyl (C=O) groups is 1. The van der Waals surface area contributed by atoms with Crippen molar-refractivity contribution in [2.45, 2.75) is 32.2 Å². The number of hydrogen-bond acceptors (Lipinski definition) is 4. The number of hydrogen-bond donors (Lipinski definition) is 0. The zero-order valence-electron chi connectivity index (χ0n) is 14.1. The Kier molecular flexibility index (Phi) is 3.75. The third-order valence-electron chi connectivity index (χ3n) is 4.52. The molecule has 0 unspecified atom stereocenters. The van der Waals surface area contributed by atoms with Gasteiger partial charge in [0.2, 0.25) is 0 Å². The predicted molar refractivity (Wildman–Crippen MR) is 90.7 cm³/mol. The van der Waals surface area contributed by atoms with Crippen LogP contribution in [0.1, 0.15) is 46.1 Å². The molecular formula is C19H18FN3O2. The maximum absolute atomic E-state index is 13.4. The van der Waals surface area contributed by atoms with Crippen LogP contribution in [-0.2, 0) is 6.54 Å². The van der Waals surface area contributed by atoms with Gasteiger partial charge >= 0.3 is 0 Å². The SMILES string of the molecule is Cc1noc2nc(C3CC3)cc(C(=O)N(C)Cc3cccc(F)c3)c12. The number of aromatic nitrogens is 2. The summed E-state index contributed by atoms with van der Waals surface area (Å²) in [5.41, 5.74) is 3.22. The number of amides is 1. The first-order valence-corrected chi connectivity index (χ1v) is 8.30. The van der Waals surface area contributed by atoms with E-state index in [-0.39, 0.29) is 11.7 Å². The van der Waals surface area contributed by atoms with Crippen molar-refractivity contribution in [1.82, 2.24) is 15.0 Å². The lowest BCUT2D eigenvalue weighted by Gasteiger charge is -2.18. The Labute approximate surface area is 144 Å². The number of nitrogens with zero attached hydrogens (tertiary/aromatic N) is 3. The van der Waals surface area contributed by atoms with Crippen LogP contribution in [0.2, 0.25) is 0 Å². The number of pyridine rings is 1. The fraction of sp³-hybridized carbons (Fsp3) is 0.316. The second-order valence-electron chi connectivity index (χ2n) is 6.61. The standard InChI is InChI=1S/C19H18FN3O2/c1-11-17-15(9-16(13-6-7-13)21-18(17)25-22-11)19(24)23(2)10-12-4-3-5-14(20)8-12/h3-5,8-9,13H,6-7,10H2,1-2H3. The largest absolute Gasteiger partial charge is 0.337 e. The zero-order valence-corrected chi connectivity index (χ0v) is 14.1. The third-order valence-corrected chi connectivity index (χ3v) is 4.52. The topological polar surface area (TPSA) is 59.2 Å². The van der Waals surface area contributed by atoms with Crippen molar-refractivity contribution < 1.29 is 13.7 Å². The summed E-state index contributed by atoms with van der Waals surface area (Å²) in [5, 5.41) is 4.61. The van der Waals surface area contributed by atoms with Crippen molar-refractivity contribution in [3.8, 4) is 0 Å². The Hall–Kier alpha value is -2.76. The number of fused-ring (bicyclic) bond motifs is 1. The first-order chi connectivity index (χ1) is 12.0. The molecule has 5 nitrogen and oxygen atoms in total. The second kappa shape index (κ2) is 5.95. The highest BCUT2D eigenvalue weighted by molar-refractivity contribution is 6.06. The molecule has 1 amide bonds. The molecule has 3 aromatic rings. The highest BCUT2D eigenvalue weighted by Crippen LogP contribution is 2.40. The molecular weight excluding hydrogens is 321 g/mol. The van der Waals surface area contributed by atoms with Gasteiger partial charge in [-0.2, -0.15) is 0 Å². The summed E-state index contributed by atoms with van der Waals surface area (Å²) in [6.45, 7) is 2.12. The van der Waals surface area contributed by atoms with Gasteiger partial charge in [-0.3, -0.25) is 4.79 Å². The van der Waals surface area contributed by atoms with Gasteiger partial charge in [-0.1, -0.05) is 17.3 Å². The van der Waals surface area contributed by atoms with Crippen LogP contribution in [0.4, 0.5) is 4.39 Å². The Morgan fingerprint density at radius 1 is 1.36 bits per heavy atom. The van der Waals surface area contributed by atoms with Crippen LogP contribution in [-0.4, -0.2) is 28.0 Å². The van der Waals surface area contributed by atoms with Crippen LogP contribution in [0.25, 0.3) is 11.1 Å². The van der Waals surface area contributed by atoms with Crippen LogP contribution in [0.5, 0.6) is 0 Å². The molecule has 1 fully saturated rings. The van der Waals surface area contributed by atoms with Gasteiger partial charge in [0.25, 0.3) is 11.6 Å². The van der Waals surface area contributed by atoms with E-state index in [0.717, 1.165) is 24.1 Å². The van der Waals surface area contributed by atoms with E-state index in [9.17, 15) is 9.18 Å². The first kappa shape index (κ1) is 15.7. The maximum atomic E-state index is 13.4. The van der Waals surface area contributed by atoms with Crippen LogP contribution in [0, 0.1) is 12.7 Å². The van der Waals surface area contributed by atoms with Crippen molar-refractivity contribution in [2.24, 2.45) is 0 Å². The molecule has 2 aromatic heterocycles. The van der Waals surface area contributed by atoms with Crippen molar-refractivity contribution >= 4 is 17.0 Å². The molecule has 1 aliphatic carbocycles. The summed E-state index contributed by atoms with van der Waals surface area (Å²) in [6, 6.07) is 8.12. The smallest absolute Gasteiger partial charge is 0.259 e. The van der Waals surface area contributed by atoms with E-state index >= 15 is 0 Å². The van der Waals surface area contributed by atoms with Gasteiger partial charge < -0.3 is 9.42 Å². The zero-order chi connectivity index (χ0) is 17.6. The van der Waals surface area contributed by atoms with Gasteiger partial charge in [0.05, 0.1) is 16.6 Å². The molecule has 6 heteroatoms. The Morgan fingerprint density at radius 2 is 2.16 bits per heavy atom. The van der Waals surface area contributed by atoms with Crippen molar-refractivity contribution in [1.29, 1.82) is 0 Å². The monoisotopic (exact) mass is 339 g/mol. The number of benzene rings is 1. The van der Waals surface area contributed by atoms with Crippen molar-refractivity contribution in [3.05, 3.63) is 58.7 Å². The lowest BCUT2D eigenvalue weighted by Crippen LogP contribution is -2.26. The molecule has 4 rings (SSSR count). The minimum absolute atomic E-state index is 0.148. The van der Waals surface area contributed by atoms with E-state index in [0.29, 0.717) is 34.8 Å². The predicted octanol–water partition coefficient (Wildman–Crippen LogP) is 3.82. The lowest BCUT2D eigenvalue weighted by atomic mass is 10.1. The highest BCUT2D eigenvalue weighted by atomic mass is 19.1. The van der Waals surface area contributed by atoms with E-state index < -0.39 is 0 Å². The molecule has 0 saturated heterocycles. The molecule has 0 radical (unpaired) electrons. The number of aryl methyl sites for hydroxylation is 1. The Bertz CT molecular complexity index is 962. The van der Waals surface area contributed by atoms with Gasteiger partial charge in [-0.05, 0) is 43.5 Å². The molecule has 1 saturated carbocycles. The molecule has 25 heavy (non-hydrogen) atoms. The Morgan fingerprint density at radius 3 is 2.88 bits per heavy atom. The third kappa shape index (κ3) is 2.99. The molecule has 1 aromatic carbocycles. The summed E-state index contributed by atoms with van der Waals surface area (Å²) in [7, 11) is 1.71. The van der Waals surface area contributed by atoms with E-state index in [1.165, 1.54) is 12.1 Å². The van der Waals surface area contributed by atoms with Crippen LogP contribution < -0.4 is 0 Å². The fourth-order valence-corrected chi connectivity index (χ4v) is 3.06. The van der Waals surface area contributed by atoms with E-state index in [1.54, 1.807) is 31.0 Å². The molecule has 0 atom stereocenters. The van der Waals surface area contributed by atoms with E-state index in [1.807, 2.05) is 6.07 Å². The molecule has 1 aliphatic rings.